The molecule has 1 aromatic carbocycles. The van der Waals surface area contributed by atoms with Gasteiger partial charge in [-0.25, -0.2) is 0 Å². The minimum Gasteiger partial charge on any atom is -0.360 e. The molecule has 1 rings (SSSR count). The van der Waals surface area contributed by atoms with Gasteiger partial charge in [0.2, 0.25) is 5.91 Å². The highest BCUT2D eigenvalue weighted by Crippen LogP contribution is 2.18. The SMILES string of the molecule is CCN(c1ccc(CN)cc1)C(C)C(=O)NC(C)(C)C. The number of benzene rings is 1. The average Bonchev–Trinajstić information content (AvgIpc) is 2.38. The second-order valence-corrected chi connectivity index (χ2v) is 6.07. The Kier molecular flexibility index (Phi) is 5.57. The van der Waals surface area contributed by atoms with Gasteiger partial charge in [0, 0.05) is 24.3 Å². The number of hydrogen-bond donors (Lipinski definition) is 2. The van der Waals surface area contributed by atoms with E-state index >= 15 is 0 Å². The smallest absolute Gasteiger partial charge is 0.242 e. The van der Waals surface area contributed by atoms with Gasteiger partial charge in [0.15, 0.2) is 0 Å². The molecule has 3 N–H and O–H groups in total. The monoisotopic (exact) mass is 277 g/mol. The molecule has 0 aliphatic rings. The van der Waals surface area contributed by atoms with Crippen LogP contribution in [-0.4, -0.2) is 24.0 Å². The van der Waals surface area contributed by atoms with Crippen LogP contribution in [-0.2, 0) is 11.3 Å². The summed E-state index contributed by atoms with van der Waals surface area (Å²) >= 11 is 0. The highest BCUT2D eigenvalue weighted by Gasteiger charge is 2.23. The Morgan fingerprint density at radius 1 is 1.30 bits per heavy atom. The molecule has 0 bridgehead atoms. The standard InChI is InChI=1S/C16H27N3O/c1-6-19(12(2)15(20)18-16(3,4)5)14-9-7-13(11-17)8-10-14/h7-10,12H,6,11,17H2,1-5H3,(H,18,20). The van der Waals surface area contributed by atoms with E-state index in [1.165, 1.54) is 0 Å². The van der Waals surface area contributed by atoms with E-state index in [9.17, 15) is 4.79 Å². The quantitative estimate of drug-likeness (QED) is 0.868. The molecule has 0 spiro atoms. The summed E-state index contributed by atoms with van der Waals surface area (Å²) in [4.78, 5) is 14.4. The zero-order valence-corrected chi connectivity index (χ0v) is 13.2. The van der Waals surface area contributed by atoms with E-state index in [1.807, 2.05) is 52.0 Å². The van der Waals surface area contributed by atoms with Gasteiger partial charge in [0.05, 0.1) is 0 Å². The fourth-order valence-electron chi connectivity index (χ4n) is 2.12. The van der Waals surface area contributed by atoms with E-state index in [4.69, 9.17) is 5.73 Å². The molecule has 20 heavy (non-hydrogen) atoms. The van der Waals surface area contributed by atoms with Crippen LogP contribution in [0.2, 0.25) is 0 Å². The van der Waals surface area contributed by atoms with Crippen molar-refractivity contribution in [1.29, 1.82) is 0 Å². The summed E-state index contributed by atoms with van der Waals surface area (Å²) in [6.45, 7) is 11.3. The average molecular weight is 277 g/mol. The highest BCUT2D eigenvalue weighted by molar-refractivity contribution is 5.85. The predicted octanol–water partition coefficient (Wildman–Crippen LogP) is 2.27. The van der Waals surface area contributed by atoms with Crippen LogP contribution in [0.4, 0.5) is 5.69 Å². The molecule has 1 aromatic rings. The number of likely N-dealkylation sites (N-methyl/N-ethyl adjacent to an activating group) is 1. The molecule has 0 aliphatic heterocycles. The number of hydrogen-bond acceptors (Lipinski definition) is 3. The Bertz CT molecular complexity index is 434. The Hall–Kier alpha value is -1.55. The minimum absolute atomic E-state index is 0.0438. The zero-order chi connectivity index (χ0) is 15.3. The van der Waals surface area contributed by atoms with Crippen LogP contribution in [0.1, 0.15) is 40.2 Å². The molecule has 0 fully saturated rings. The Morgan fingerprint density at radius 3 is 2.25 bits per heavy atom. The lowest BCUT2D eigenvalue weighted by atomic mass is 10.1. The van der Waals surface area contributed by atoms with E-state index in [2.05, 4.69) is 17.1 Å². The maximum atomic E-state index is 12.3. The Morgan fingerprint density at radius 2 is 1.85 bits per heavy atom. The molecular formula is C16H27N3O. The number of amides is 1. The first-order valence-electron chi connectivity index (χ1n) is 7.16. The van der Waals surface area contributed by atoms with Crippen molar-refractivity contribution >= 4 is 11.6 Å². The molecule has 0 radical (unpaired) electrons. The van der Waals surface area contributed by atoms with Crippen molar-refractivity contribution in [2.75, 3.05) is 11.4 Å². The molecular weight excluding hydrogens is 250 g/mol. The van der Waals surface area contributed by atoms with Gasteiger partial charge in [0.25, 0.3) is 0 Å². The first kappa shape index (κ1) is 16.5. The zero-order valence-electron chi connectivity index (χ0n) is 13.2. The van der Waals surface area contributed by atoms with Crippen LogP contribution < -0.4 is 16.0 Å². The number of carbonyl (C=O) groups is 1. The van der Waals surface area contributed by atoms with E-state index in [-0.39, 0.29) is 17.5 Å². The van der Waals surface area contributed by atoms with Crippen molar-refractivity contribution in [3.63, 3.8) is 0 Å². The second kappa shape index (κ2) is 6.75. The minimum atomic E-state index is -0.214. The third-order valence-corrected chi connectivity index (χ3v) is 3.19. The normalized spacial score (nSPS) is 12.9. The van der Waals surface area contributed by atoms with Crippen LogP contribution >= 0.6 is 0 Å². The molecule has 0 aromatic heterocycles. The number of anilines is 1. The van der Waals surface area contributed by atoms with E-state index in [0.29, 0.717) is 6.54 Å². The lowest BCUT2D eigenvalue weighted by Gasteiger charge is -2.32. The first-order valence-corrected chi connectivity index (χ1v) is 7.16. The fraction of sp³-hybridized carbons (Fsp3) is 0.562. The first-order chi connectivity index (χ1) is 9.28. The Labute approximate surface area is 122 Å². The van der Waals surface area contributed by atoms with Crippen LogP contribution in [0, 0.1) is 0 Å². The van der Waals surface area contributed by atoms with Crippen molar-refractivity contribution in [3.05, 3.63) is 29.8 Å². The molecule has 0 heterocycles. The summed E-state index contributed by atoms with van der Waals surface area (Å²) in [5.74, 6) is 0.0438. The topological polar surface area (TPSA) is 58.4 Å². The molecule has 1 unspecified atom stereocenters. The van der Waals surface area contributed by atoms with Gasteiger partial charge >= 0.3 is 0 Å². The molecule has 0 saturated heterocycles. The largest absolute Gasteiger partial charge is 0.360 e. The van der Waals surface area contributed by atoms with Gasteiger partial charge in [-0.3, -0.25) is 4.79 Å². The van der Waals surface area contributed by atoms with E-state index in [1.54, 1.807) is 0 Å². The summed E-state index contributed by atoms with van der Waals surface area (Å²) in [5, 5.41) is 3.03. The van der Waals surface area contributed by atoms with Gasteiger partial charge in [0.1, 0.15) is 6.04 Å². The molecule has 1 atom stereocenters. The summed E-state index contributed by atoms with van der Waals surface area (Å²) in [5.41, 5.74) is 7.53. The molecule has 0 saturated carbocycles. The molecule has 0 aliphatic carbocycles. The van der Waals surface area contributed by atoms with E-state index < -0.39 is 0 Å². The van der Waals surface area contributed by atoms with Crippen molar-refractivity contribution in [1.82, 2.24) is 5.32 Å². The summed E-state index contributed by atoms with van der Waals surface area (Å²) in [6.07, 6.45) is 0. The lowest BCUT2D eigenvalue weighted by Crippen LogP contribution is -2.51. The molecule has 1 amide bonds. The Balaban J connectivity index is 2.85. The number of nitrogens with one attached hydrogen (secondary N) is 1. The van der Waals surface area contributed by atoms with Crippen LogP contribution in [0.15, 0.2) is 24.3 Å². The molecule has 4 nitrogen and oxygen atoms in total. The number of carbonyl (C=O) groups excluding carboxylic acids is 1. The van der Waals surface area contributed by atoms with Crippen LogP contribution in [0.25, 0.3) is 0 Å². The number of nitrogens with zero attached hydrogens (tertiary/aromatic N) is 1. The van der Waals surface area contributed by atoms with Gasteiger partial charge in [-0.05, 0) is 52.3 Å². The predicted molar refractivity (Wildman–Crippen MR) is 84.7 cm³/mol. The van der Waals surface area contributed by atoms with Crippen LogP contribution in [0.3, 0.4) is 0 Å². The van der Waals surface area contributed by atoms with Gasteiger partial charge < -0.3 is 16.0 Å². The third kappa shape index (κ3) is 4.53. The molecule has 112 valence electrons. The maximum absolute atomic E-state index is 12.3. The van der Waals surface area contributed by atoms with Gasteiger partial charge in [-0.2, -0.15) is 0 Å². The number of nitrogens with two attached hydrogens (primary N) is 1. The van der Waals surface area contributed by atoms with Gasteiger partial charge in [-0.15, -0.1) is 0 Å². The number of rotatable bonds is 5. The fourth-order valence-corrected chi connectivity index (χ4v) is 2.12. The second-order valence-electron chi connectivity index (χ2n) is 6.07. The molecule has 4 heteroatoms. The van der Waals surface area contributed by atoms with Gasteiger partial charge in [-0.1, -0.05) is 12.1 Å². The summed E-state index contributed by atoms with van der Waals surface area (Å²) in [7, 11) is 0. The van der Waals surface area contributed by atoms with Crippen molar-refractivity contribution < 1.29 is 4.79 Å². The highest BCUT2D eigenvalue weighted by atomic mass is 16.2. The summed E-state index contributed by atoms with van der Waals surface area (Å²) in [6, 6.07) is 7.85. The lowest BCUT2D eigenvalue weighted by molar-refractivity contribution is -0.123. The summed E-state index contributed by atoms with van der Waals surface area (Å²) < 4.78 is 0. The van der Waals surface area contributed by atoms with Crippen molar-refractivity contribution in [2.24, 2.45) is 5.73 Å². The maximum Gasteiger partial charge on any atom is 0.242 e. The van der Waals surface area contributed by atoms with Crippen molar-refractivity contribution in [2.45, 2.75) is 52.7 Å². The van der Waals surface area contributed by atoms with Crippen LogP contribution in [0.5, 0.6) is 0 Å². The van der Waals surface area contributed by atoms with Crippen molar-refractivity contribution in [3.8, 4) is 0 Å². The third-order valence-electron chi connectivity index (χ3n) is 3.19. The van der Waals surface area contributed by atoms with E-state index in [0.717, 1.165) is 17.8 Å².